The summed E-state index contributed by atoms with van der Waals surface area (Å²) in [6.07, 6.45) is 7.19. The van der Waals surface area contributed by atoms with Gasteiger partial charge < -0.3 is 5.73 Å². The molecule has 17 heavy (non-hydrogen) atoms. The molecule has 0 aromatic rings. The van der Waals surface area contributed by atoms with Crippen molar-refractivity contribution in [2.45, 2.75) is 50.5 Å². The molecule has 2 rings (SSSR count). The second kappa shape index (κ2) is 5.87. The number of halogens is 1. The maximum Gasteiger partial charge on any atom is 0.212 e. The molecule has 0 aromatic carbocycles. The van der Waals surface area contributed by atoms with Gasteiger partial charge in [-0.25, -0.2) is 13.1 Å². The summed E-state index contributed by atoms with van der Waals surface area (Å²) < 4.78 is 26.7. The van der Waals surface area contributed by atoms with E-state index in [4.69, 9.17) is 5.73 Å². The molecule has 0 bridgehead atoms. The fourth-order valence-corrected chi connectivity index (χ4v) is 4.20. The van der Waals surface area contributed by atoms with Gasteiger partial charge in [0.2, 0.25) is 10.0 Å². The Kier molecular flexibility index (Phi) is 5.25. The molecule has 0 saturated heterocycles. The molecule has 102 valence electrons. The van der Waals surface area contributed by atoms with Crippen LogP contribution in [-0.4, -0.2) is 26.3 Å². The summed E-state index contributed by atoms with van der Waals surface area (Å²) >= 11 is 0. The van der Waals surface area contributed by atoms with E-state index < -0.39 is 10.0 Å². The quantitative estimate of drug-likeness (QED) is 0.773. The monoisotopic (exact) mass is 282 g/mol. The predicted octanol–water partition coefficient (Wildman–Crippen LogP) is 1.40. The van der Waals surface area contributed by atoms with Crippen LogP contribution in [0, 0.1) is 5.92 Å². The minimum atomic E-state index is -3.12. The summed E-state index contributed by atoms with van der Waals surface area (Å²) in [5.74, 6) is 0.938. The average Bonchev–Trinajstić information content (AvgIpc) is 2.96. The van der Waals surface area contributed by atoms with Gasteiger partial charge >= 0.3 is 0 Å². The molecule has 2 saturated carbocycles. The second-order valence-corrected chi connectivity index (χ2v) is 7.19. The number of sulfonamides is 1. The predicted molar refractivity (Wildman–Crippen MR) is 71.8 cm³/mol. The van der Waals surface area contributed by atoms with Crippen molar-refractivity contribution in [3.05, 3.63) is 0 Å². The van der Waals surface area contributed by atoms with Gasteiger partial charge in [0, 0.05) is 12.1 Å². The smallest absolute Gasteiger partial charge is 0.212 e. The van der Waals surface area contributed by atoms with Crippen LogP contribution in [0.3, 0.4) is 0 Å². The lowest BCUT2D eigenvalue weighted by Crippen LogP contribution is -2.52. The van der Waals surface area contributed by atoms with E-state index in [1.54, 1.807) is 0 Å². The van der Waals surface area contributed by atoms with Gasteiger partial charge in [0.25, 0.3) is 0 Å². The normalized spacial score (nSPS) is 23.4. The highest BCUT2D eigenvalue weighted by Crippen LogP contribution is 2.33. The Balaban J connectivity index is 0.00000144. The molecule has 3 N–H and O–H groups in total. The lowest BCUT2D eigenvalue weighted by molar-refractivity contribution is 0.399. The zero-order chi connectivity index (χ0) is 11.6. The average molecular weight is 283 g/mol. The van der Waals surface area contributed by atoms with Crippen molar-refractivity contribution < 1.29 is 8.42 Å². The molecular weight excluding hydrogens is 260 g/mol. The summed E-state index contributed by atoms with van der Waals surface area (Å²) in [6.45, 7) is 0.426. The largest absolute Gasteiger partial charge is 0.329 e. The standard InChI is InChI=1S/C11H22N2O2S.ClH/c12-9-11(6-1-2-7-11)13-16(14,15)8-5-10-3-4-10;/h10,13H,1-9,12H2;1H. The molecule has 0 amide bonds. The van der Waals surface area contributed by atoms with E-state index in [2.05, 4.69) is 4.72 Å². The van der Waals surface area contributed by atoms with Crippen LogP contribution in [-0.2, 0) is 10.0 Å². The topological polar surface area (TPSA) is 72.2 Å². The van der Waals surface area contributed by atoms with Crippen LogP contribution < -0.4 is 10.5 Å². The Labute approximate surface area is 110 Å². The van der Waals surface area contributed by atoms with E-state index in [1.165, 1.54) is 12.8 Å². The van der Waals surface area contributed by atoms with E-state index in [-0.39, 0.29) is 23.7 Å². The Morgan fingerprint density at radius 2 is 1.82 bits per heavy atom. The van der Waals surface area contributed by atoms with E-state index in [1.807, 2.05) is 0 Å². The highest BCUT2D eigenvalue weighted by atomic mass is 35.5. The summed E-state index contributed by atoms with van der Waals surface area (Å²) in [7, 11) is -3.12. The van der Waals surface area contributed by atoms with Crippen LogP contribution in [0.2, 0.25) is 0 Å². The first-order valence-electron chi connectivity index (χ1n) is 6.27. The lowest BCUT2D eigenvalue weighted by atomic mass is 10.0. The third kappa shape index (κ3) is 4.39. The fraction of sp³-hybridized carbons (Fsp3) is 1.00. The molecule has 0 aromatic heterocycles. The Morgan fingerprint density at radius 3 is 2.29 bits per heavy atom. The zero-order valence-corrected chi connectivity index (χ0v) is 11.8. The molecule has 0 atom stereocenters. The van der Waals surface area contributed by atoms with E-state index >= 15 is 0 Å². The third-order valence-electron chi connectivity index (χ3n) is 3.82. The number of rotatable bonds is 6. The van der Waals surface area contributed by atoms with Crippen LogP contribution >= 0.6 is 12.4 Å². The Hall–Kier alpha value is 0.160. The van der Waals surface area contributed by atoms with Crippen LogP contribution in [0.1, 0.15) is 44.9 Å². The van der Waals surface area contributed by atoms with E-state index in [0.29, 0.717) is 12.5 Å². The first kappa shape index (κ1) is 15.2. The van der Waals surface area contributed by atoms with Gasteiger partial charge in [0.1, 0.15) is 0 Å². The van der Waals surface area contributed by atoms with Crippen molar-refractivity contribution in [3.63, 3.8) is 0 Å². The number of hydrogen-bond donors (Lipinski definition) is 2. The van der Waals surface area contributed by atoms with E-state index in [9.17, 15) is 8.42 Å². The van der Waals surface area contributed by atoms with Gasteiger partial charge in [-0.05, 0) is 25.2 Å². The van der Waals surface area contributed by atoms with Crippen molar-refractivity contribution in [1.82, 2.24) is 4.72 Å². The molecule has 4 nitrogen and oxygen atoms in total. The maximum atomic E-state index is 11.9. The number of nitrogens with one attached hydrogen (secondary N) is 1. The van der Waals surface area contributed by atoms with Gasteiger partial charge in [-0.1, -0.05) is 25.7 Å². The van der Waals surface area contributed by atoms with Crippen molar-refractivity contribution in [2.75, 3.05) is 12.3 Å². The molecule has 2 aliphatic carbocycles. The maximum absolute atomic E-state index is 11.9. The SMILES string of the molecule is Cl.NCC1(NS(=O)(=O)CCC2CC2)CCCC1. The second-order valence-electron chi connectivity index (χ2n) is 5.34. The molecule has 0 radical (unpaired) electrons. The summed E-state index contributed by atoms with van der Waals surface area (Å²) in [5.41, 5.74) is 5.39. The molecular formula is C11H23ClN2O2S. The summed E-state index contributed by atoms with van der Waals surface area (Å²) in [6, 6.07) is 0. The van der Waals surface area contributed by atoms with Gasteiger partial charge in [-0.15, -0.1) is 12.4 Å². The van der Waals surface area contributed by atoms with Crippen LogP contribution in [0.5, 0.6) is 0 Å². The minimum Gasteiger partial charge on any atom is -0.329 e. The summed E-state index contributed by atoms with van der Waals surface area (Å²) in [4.78, 5) is 0. The van der Waals surface area contributed by atoms with Crippen molar-refractivity contribution in [2.24, 2.45) is 11.7 Å². The van der Waals surface area contributed by atoms with E-state index in [0.717, 1.165) is 32.1 Å². The fourth-order valence-electron chi connectivity index (χ4n) is 2.51. The highest BCUT2D eigenvalue weighted by molar-refractivity contribution is 7.89. The van der Waals surface area contributed by atoms with Crippen molar-refractivity contribution in [3.8, 4) is 0 Å². The van der Waals surface area contributed by atoms with Gasteiger partial charge in [-0.3, -0.25) is 0 Å². The number of hydrogen-bond acceptors (Lipinski definition) is 3. The first-order chi connectivity index (χ1) is 7.55. The van der Waals surface area contributed by atoms with Crippen LogP contribution in [0.4, 0.5) is 0 Å². The molecule has 2 aliphatic rings. The zero-order valence-electron chi connectivity index (χ0n) is 10.2. The molecule has 6 heteroatoms. The van der Waals surface area contributed by atoms with Gasteiger partial charge in [0.15, 0.2) is 0 Å². The molecule has 0 aliphatic heterocycles. The Morgan fingerprint density at radius 1 is 1.24 bits per heavy atom. The lowest BCUT2D eigenvalue weighted by Gasteiger charge is -2.28. The molecule has 0 heterocycles. The Bertz CT molecular complexity index is 335. The van der Waals surface area contributed by atoms with Crippen LogP contribution in [0.25, 0.3) is 0 Å². The first-order valence-corrected chi connectivity index (χ1v) is 7.92. The minimum absolute atomic E-state index is 0. The van der Waals surface area contributed by atoms with Crippen LogP contribution in [0.15, 0.2) is 0 Å². The summed E-state index contributed by atoms with van der Waals surface area (Å²) in [5, 5.41) is 0. The molecule has 0 spiro atoms. The third-order valence-corrected chi connectivity index (χ3v) is 5.33. The highest BCUT2D eigenvalue weighted by Gasteiger charge is 2.36. The number of nitrogens with two attached hydrogens (primary N) is 1. The molecule has 0 unspecified atom stereocenters. The van der Waals surface area contributed by atoms with Crippen molar-refractivity contribution in [1.29, 1.82) is 0 Å². The van der Waals surface area contributed by atoms with Crippen molar-refractivity contribution >= 4 is 22.4 Å². The molecule has 2 fully saturated rings. The van der Waals surface area contributed by atoms with Gasteiger partial charge in [-0.2, -0.15) is 0 Å². The van der Waals surface area contributed by atoms with Gasteiger partial charge in [0.05, 0.1) is 5.75 Å².